The minimum absolute atomic E-state index is 0.0608. The summed E-state index contributed by atoms with van der Waals surface area (Å²) in [6, 6.07) is 12.3. The summed E-state index contributed by atoms with van der Waals surface area (Å²) in [5.74, 6) is -0.317. The van der Waals surface area contributed by atoms with E-state index in [4.69, 9.17) is 11.6 Å². The van der Waals surface area contributed by atoms with E-state index in [9.17, 15) is 9.59 Å². The number of hydrogen-bond donors (Lipinski definition) is 1. The lowest BCUT2D eigenvalue weighted by molar-refractivity contribution is 0.0725. The maximum Gasteiger partial charge on any atom is 0.255 e. The van der Waals surface area contributed by atoms with Gasteiger partial charge >= 0.3 is 0 Å². The fourth-order valence-electron chi connectivity index (χ4n) is 2.90. The molecule has 25 heavy (non-hydrogen) atoms. The first kappa shape index (κ1) is 18.2. The van der Waals surface area contributed by atoms with Gasteiger partial charge in [0.1, 0.15) is 0 Å². The Balaban J connectivity index is 1.86. The lowest BCUT2D eigenvalue weighted by Gasteiger charge is -2.27. The van der Waals surface area contributed by atoms with E-state index in [1.165, 1.54) is 0 Å². The lowest BCUT2D eigenvalue weighted by atomic mass is 10.1. The first-order valence-corrected chi connectivity index (χ1v) is 9.66. The van der Waals surface area contributed by atoms with Crippen LogP contribution in [0.1, 0.15) is 40.0 Å². The molecule has 1 N–H and O–H groups in total. The van der Waals surface area contributed by atoms with Crippen molar-refractivity contribution >= 4 is 51.7 Å². The van der Waals surface area contributed by atoms with Crippen molar-refractivity contribution in [2.24, 2.45) is 0 Å². The summed E-state index contributed by atoms with van der Waals surface area (Å²) in [6.45, 7) is 1.51. The normalized spacial score (nSPS) is 14.2. The van der Waals surface area contributed by atoms with Crippen LogP contribution in [0.3, 0.4) is 0 Å². The SMILES string of the molecule is O=C(Nc1cc(Cl)ccc1C(=O)N1CCCCC1)c1cccc(I)c1. The number of benzene rings is 2. The highest BCUT2D eigenvalue weighted by molar-refractivity contribution is 14.1. The van der Waals surface area contributed by atoms with Crippen molar-refractivity contribution in [3.05, 3.63) is 62.2 Å². The van der Waals surface area contributed by atoms with Crippen molar-refractivity contribution in [3.63, 3.8) is 0 Å². The minimum atomic E-state index is -0.256. The molecular weight excluding hydrogens is 451 g/mol. The Morgan fingerprint density at radius 3 is 2.52 bits per heavy atom. The highest BCUT2D eigenvalue weighted by Gasteiger charge is 2.22. The van der Waals surface area contributed by atoms with Crippen LogP contribution in [0.4, 0.5) is 5.69 Å². The molecule has 3 rings (SSSR count). The third kappa shape index (κ3) is 4.52. The van der Waals surface area contributed by atoms with E-state index in [-0.39, 0.29) is 11.8 Å². The molecule has 1 aliphatic rings. The number of carbonyl (C=O) groups excluding carboxylic acids is 2. The van der Waals surface area contributed by atoms with Crippen LogP contribution in [0.5, 0.6) is 0 Å². The van der Waals surface area contributed by atoms with E-state index >= 15 is 0 Å². The largest absolute Gasteiger partial charge is 0.339 e. The van der Waals surface area contributed by atoms with Crippen LogP contribution < -0.4 is 5.32 Å². The molecule has 0 radical (unpaired) electrons. The summed E-state index contributed by atoms with van der Waals surface area (Å²) in [6.07, 6.45) is 3.19. The van der Waals surface area contributed by atoms with E-state index < -0.39 is 0 Å². The number of hydrogen-bond acceptors (Lipinski definition) is 2. The van der Waals surface area contributed by atoms with Crippen molar-refractivity contribution in [3.8, 4) is 0 Å². The van der Waals surface area contributed by atoms with Gasteiger partial charge in [0.05, 0.1) is 11.3 Å². The van der Waals surface area contributed by atoms with Crippen molar-refractivity contribution in [2.75, 3.05) is 18.4 Å². The van der Waals surface area contributed by atoms with Crippen LogP contribution >= 0.6 is 34.2 Å². The molecule has 1 heterocycles. The van der Waals surface area contributed by atoms with Crippen molar-refractivity contribution in [2.45, 2.75) is 19.3 Å². The van der Waals surface area contributed by atoms with E-state index in [2.05, 4.69) is 27.9 Å². The molecule has 0 bridgehead atoms. The molecule has 1 saturated heterocycles. The Morgan fingerprint density at radius 1 is 1.04 bits per heavy atom. The maximum atomic E-state index is 12.8. The quantitative estimate of drug-likeness (QED) is 0.657. The number of amides is 2. The lowest BCUT2D eigenvalue weighted by Crippen LogP contribution is -2.36. The summed E-state index contributed by atoms with van der Waals surface area (Å²) < 4.78 is 0.973. The molecule has 0 unspecified atom stereocenters. The Kier molecular flexibility index (Phi) is 5.96. The highest BCUT2D eigenvalue weighted by Crippen LogP contribution is 2.25. The van der Waals surface area contributed by atoms with Crippen molar-refractivity contribution in [1.29, 1.82) is 0 Å². The summed E-state index contributed by atoms with van der Waals surface area (Å²) in [5, 5.41) is 3.32. The Hall–Kier alpha value is -1.60. The number of halogens is 2. The number of nitrogens with zero attached hydrogens (tertiary/aromatic N) is 1. The molecule has 0 saturated carbocycles. The van der Waals surface area contributed by atoms with E-state index in [0.29, 0.717) is 21.8 Å². The fourth-order valence-corrected chi connectivity index (χ4v) is 3.61. The minimum Gasteiger partial charge on any atom is -0.339 e. The third-order valence-corrected chi connectivity index (χ3v) is 5.10. The van der Waals surface area contributed by atoms with Gasteiger partial charge in [0.25, 0.3) is 11.8 Å². The molecule has 2 aromatic rings. The van der Waals surface area contributed by atoms with Gasteiger partial charge in [0, 0.05) is 27.2 Å². The first-order valence-electron chi connectivity index (χ1n) is 8.20. The zero-order chi connectivity index (χ0) is 17.8. The Labute approximate surface area is 165 Å². The molecule has 1 aliphatic heterocycles. The zero-order valence-corrected chi connectivity index (χ0v) is 16.5. The number of carbonyl (C=O) groups is 2. The van der Waals surface area contributed by atoms with Crippen molar-refractivity contribution in [1.82, 2.24) is 4.90 Å². The smallest absolute Gasteiger partial charge is 0.255 e. The molecule has 0 atom stereocenters. The van der Waals surface area contributed by atoms with Crippen LogP contribution in [-0.4, -0.2) is 29.8 Å². The van der Waals surface area contributed by atoms with Gasteiger partial charge in [0.15, 0.2) is 0 Å². The highest BCUT2D eigenvalue weighted by atomic mass is 127. The van der Waals surface area contributed by atoms with Gasteiger partial charge in [-0.3, -0.25) is 9.59 Å². The van der Waals surface area contributed by atoms with Crippen LogP contribution in [0.2, 0.25) is 5.02 Å². The van der Waals surface area contributed by atoms with Gasteiger partial charge in [0.2, 0.25) is 0 Å². The monoisotopic (exact) mass is 468 g/mol. The standard InChI is InChI=1S/C19H18ClIN2O2/c20-14-7-8-16(19(25)23-9-2-1-3-10-23)17(12-14)22-18(24)13-5-4-6-15(21)11-13/h4-8,11-12H,1-3,9-10H2,(H,22,24). The second kappa shape index (κ2) is 8.19. The molecule has 1 fully saturated rings. The maximum absolute atomic E-state index is 12.8. The van der Waals surface area contributed by atoms with Crippen LogP contribution in [0.15, 0.2) is 42.5 Å². The van der Waals surface area contributed by atoms with E-state index in [0.717, 1.165) is 35.9 Å². The number of nitrogens with one attached hydrogen (secondary N) is 1. The van der Waals surface area contributed by atoms with E-state index in [1.54, 1.807) is 30.3 Å². The van der Waals surface area contributed by atoms with Gasteiger partial charge < -0.3 is 10.2 Å². The second-order valence-electron chi connectivity index (χ2n) is 6.01. The van der Waals surface area contributed by atoms with Gasteiger partial charge in [-0.2, -0.15) is 0 Å². The number of likely N-dealkylation sites (tertiary alicyclic amines) is 1. The molecule has 4 nitrogen and oxygen atoms in total. The van der Waals surface area contributed by atoms with Crippen LogP contribution in [0, 0.1) is 3.57 Å². The van der Waals surface area contributed by atoms with Crippen LogP contribution in [0.25, 0.3) is 0 Å². The molecule has 0 aromatic heterocycles. The first-order chi connectivity index (χ1) is 12.0. The average Bonchev–Trinajstić information content (AvgIpc) is 2.62. The summed E-state index contributed by atoms with van der Waals surface area (Å²) in [5.41, 5.74) is 1.47. The number of anilines is 1. The molecule has 2 amide bonds. The zero-order valence-electron chi connectivity index (χ0n) is 13.6. The van der Waals surface area contributed by atoms with Gasteiger partial charge in [-0.05, 0) is 78.3 Å². The van der Waals surface area contributed by atoms with Crippen LogP contribution in [-0.2, 0) is 0 Å². The molecule has 0 spiro atoms. The van der Waals surface area contributed by atoms with E-state index in [1.807, 2.05) is 17.0 Å². The molecule has 0 aliphatic carbocycles. The third-order valence-electron chi connectivity index (χ3n) is 4.19. The summed E-state index contributed by atoms with van der Waals surface area (Å²) >= 11 is 8.24. The Morgan fingerprint density at radius 2 is 1.80 bits per heavy atom. The topological polar surface area (TPSA) is 49.4 Å². The van der Waals surface area contributed by atoms with Crippen molar-refractivity contribution < 1.29 is 9.59 Å². The van der Waals surface area contributed by atoms with Gasteiger partial charge in [-0.15, -0.1) is 0 Å². The molecule has 6 heteroatoms. The molecule has 2 aromatic carbocycles. The van der Waals surface area contributed by atoms with Gasteiger partial charge in [-0.1, -0.05) is 17.7 Å². The van der Waals surface area contributed by atoms with Gasteiger partial charge in [-0.25, -0.2) is 0 Å². The number of piperidine rings is 1. The average molecular weight is 469 g/mol. The predicted octanol–water partition coefficient (Wildman–Crippen LogP) is 4.82. The molecular formula is C19H18ClIN2O2. The fraction of sp³-hybridized carbons (Fsp3) is 0.263. The summed E-state index contributed by atoms with van der Waals surface area (Å²) in [7, 11) is 0. The Bertz CT molecular complexity index is 804. The molecule has 130 valence electrons. The summed E-state index contributed by atoms with van der Waals surface area (Å²) in [4.78, 5) is 27.2. The predicted molar refractivity (Wildman–Crippen MR) is 108 cm³/mol. The number of rotatable bonds is 3. The second-order valence-corrected chi connectivity index (χ2v) is 7.69.